The number of aryl methyl sites for hydroxylation is 1. The first-order valence-corrected chi connectivity index (χ1v) is 10.6. The summed E-state index contributed by atoms with van der Waals surface area (Å²) in [6.45, 7) is 2.75. The van der Waals surface area contributed by atoms with Gasteiger partial charge in [0, 0.05) is 18.1 Å². The Balaban J connectivity index is 1.54. The zero-order chi connectivity index (χ0) is 20.4. The second-order valence-corrected chi connectivity index (χ2v) is 8.13. The number of hydrogen-bond donors (Lipinski definition) is 1. The molecule has 9 heteroatoms. The predicted octanol–water partition coefficient (Wildman–Crippen LogP) is 3.59. The number of nitrogens with one attached hydrogen (secondary N) is 1. The average Bonchev–Trinajstić information content (AvgIpc) is 3.44. The highest BCUT2D eigenvalue weighted by Crippen LogP contribution is 2.27. The molecular formula is C20H20ClN5O2S. The Morgan fingerprint density at radius 2 is 2.10 bits per heavy atom. The van der Waals surface area contributed by atoms with Crippen LogP contribution in [0.3, 0.4) is 0 Å². The van der Waals surface area contributed by atoms with Gasteiger partial charge < -0.3 is 10.2 Å². The van der Waals surface area contributed by atoms with Gasteiger partial charge >= 0.3 is 0 Å². The van der Waals surface area contributed by atoms with E-state index in [0.29, 0.717) is 41.1 Å². The van der Waals surface area contributed by atoms with Crippen LogP contribution in [-0.2, 0) is 11.3 Å². The summed E-state index contributed by atoms with van der Waals surface area (Å²) in [6.07, 6.45) is 3.00. The molecule has 1 aliphatic heterocycles. The van der Waals surface area contributed by atoms with E-state index in [1.807, 2.05) is 30.3 Å². The van der Waals surface area contributed by atoms with E-state index in [1.54, 1.807) is 28.1 Å². The number of benzene rings is 1. The molecule has 7 nitrogen and oxygen atoms in total. The van der Waals surface area contributed by atoms with Crippen molar-refractivity contribution in [2.45, 2.75) is 32.4 Å². The van der Waals surface area contributed by atoms with Gasteiger partial charge in [0.15, 0.2) is 5.13 Å². The molecule has 0 aliphatic carbocycles. The van der Waals surface area contributed by atoms with Crippen molar-refractivity contribution in [2.24, 2.45) is 0 Å². The highest BCUT2D eigenvalue weighted by molar-refractivity contribution is 7.13. The van der Waals surface area contributed by atoms with Crippen LogP contribution in [-0.4, -0.2) is 44.1 Å². The molecule has 29 heavy (non-hydrogen) atoms. The molecule has 0 spiro atoms. The number of carbonyl (C=O) groups excluding carboxylic acids is 2. The maximum Gasteiger partial charge on any atom is 0.259 e. The number of halogens is 1. The van der Waals surface area contributed by atoms with Crippen LogP contribution in [0.15, 0.2) is 41.9 Å². The molecule has 1 atom stereocenters. The lowest BCUT2D eigenvalue weighted by Crippen LogP contribution is -2.43. The van der Waals surface area contributed by atoms with Crippen LogP contribution in [0.5, 0.6) is 0 Å². The lowest BCUT2D eigenvalue weighted by Gasteiger charge is -2.23. The van der Waals surface area contributed by atoms with Crippen LogP contribution in [0, 0.1) is 6.92 Å². The number of rotatable bonds is 5. The van der Waals surface area contributed by atoms with Crippen molar-refractivity contribution in [1.29, 1.82) is 0 Å². The van der Waals surface area contributed by atoms with E-state index in [4.69, 9.17) is 11.6 Å². The van der Waals surface area contributed by atoms with E-state index < -0.39 is 6.04 Å². The molecule has 0 saturated carbocycles. The fraction of sp³-hybridized carbons (Fsp3) is 0.300. The minimum Gasteiger partial charge on any atom is -0.326 e. The van der Waals surface area contributed by atoms with Gasteiger partial charge in [-0.15, -0.1) is 11.3 Å². The van der Waals surface area contributed by atoms with Crippen LogP contribution < -0.4 is 5.32 Å². The van der Waals surface area contributed by atoms with Crippen molar-refractivity contribution in [2.75, 3.05) is 11.9 Å². The molecule has 1 aromatic carbocycles. The Bertz CT molecular complexity index is 1020. The van der Waals surface area contributed by atoms with Gasteiger partial charge in [0.05, 0.1) is 17.8 Å². The van der Waals surface area contributed by atoms with Gasteiger partial charge in [-0.3, -0.25) is 9.59 Å². The Labute approximate surface area is 177 Å². The topological polar surface area (TPSA) is 80.1 Å². The highest BCUT2D eigenvalue weighted by Gasteiger charge is 2.37. The molecular weight excluding hydrogens is 410 g/mol. The molecule has 4 rings (SSSR count). The van der Waals surface area contributed by atoms with Gasteiger partial charge in [-0.05, 0) is 25.3 Å². The van der Waals surface area contributed by atoms with Crippen molar-refractivity contribution in [1.82, 2.24) is 19.7 Å². The van der Waals surface area contributed by atoms with Crippen LogP contribution in [0.2, 0.25) is 5.15 Å². The summed E-state index contributed by atoms with van der Waals surface area (Å²) in [5.41, 5.74) is 1.95. The first kappa shape index (κ1) is 19.6. The third kappa shape index (κ3) is 4.04. The molecule has 0 radical (unpaired) electrons. The van der Waals surface area contributed by atoms with Crippen molar-refractivity contribution in [3.8, 4) is 0 Å². The quantitative estimate of drug-likeness (QED) is 0.672. The number of carbonyl (C=O) groups is 2. The fourth-order valence-electron chi connectivity index (χ4n) is 3.56. The third-order valence-corrected chi connectivity index (χ3v) is 6.01. The molecule has 2 amide bonds. The first-order valence-electron chi connectivity index (χ1n) is 9.32. The summed E-state index contributed by atoms with van der Waals surface area (Å²) in [5, 5.41) is 9.85. The summed E-state index contributed by atoms with van der Waals surface area (Å²) in [4.78, 5) is 31.6. The second-order valence-electron chi connectivity index (χ2n) is 6.88. The summed E-state index contributed by atoms with van der Waals surface area (Å²) in [5.74, 6) is -0.486. The minimum absolute atomic E-state index is 0.226. The monoisotopic (exact) mass is 429 g/mol. The van der Waals surface area contributed by atoms with Crippen molar-refractivity contribution < 1.29 is 9.59 Å². The fourth-order valence-corrected chi connectivity index (χ4v) is 4.40. The van der Waals surface area contributed by atoms with Crippen molar-refractivity contribution in [3.63, 3.8) is 0 Å². The van der Waals surface area contributed by atoms with Gasteiger partial charge in [0.1, 0.15) is 11.2 Å². The molecule has 3 heterocycles. The number of amides is 2. The Kier molecular flexibility index (Phi) is 5.64. The SMILES string of the molecule is Cc1nn(Cc2ccccc2)c(Cl)c1C(=O)N1CCCC1C(=O)Nc1nccs1. The standard InChI is InChI=1S/C20H20ClN5O2S/c1-13-16(17(21)26(24-13)12-14-6-3-2-4-7-14)19(28)25-10-5-8-15(25)18(27)23-20-22-9-11-29-20/h2-4,6-7,9,11,15H,5,8,10,12H2,1H3,(H,22,23,27). The van der Waals surface area contributed by atoms with Crippen molar-refractivity contribution >= 4 is 39.9 Å². The van der Waals surface area contributed by atoms with Gasteiger partial charge in [-0.25, -0.2) is 9.67 Å². The van der Waals surface area contributed by atoms with Crippen LogP contribution in [0.1, 0.15) is 34.5 Å². The van der Waals surface area contributed by atoms with Gasteiger partial charge in [0.2, 0.25) is 5.91 Å². The second kappa shape index (κ2) is 8.34. The lowest BCUT2D eigenvalue weighted by molar-refractivity contribution is -0.119. The average molecular weight is 430 g/mol. The molecule has 3 aromatic rings. The van der Waals surface area contributed by atoms with Crippen LogP contribution in [0.25, 0.3) is 0 Å². The maximum absolute atomic E-state index is 13.3. The molecule has 1 saturated heterocycles. The summed E-state index contributed by atoms with van der Waals surface area (Å²) >= 11 is 7.88. The minimum atomic E-state index is -0.542. The highest BCUT2D eigenvalue weighted by atomic mass is 35.5. The predicted molar refractivity (Wildman–Crippen MR) is 112 cm³/mol. The third-order valence-electron chi connectivity index (χ3n) is 4.93. The first-order chi connectivity index (χ1) is 14.0. The van der Waals surface area contributed by atoms with Crippen molar-refractivity contribution in [3.05, 3.63) is 63.9 Å². The van der Waals surface area contributed by atoms with Crippen LogP contribution >= 0.6 is 22.9 Å². The number of nitrogens with zero attached hydrogens (tertiary/aromatic N) is 4. The van der Waals surface area contributed by atoms with E-state index in [0.717, 1.165) is 12.0 Å². The van der Waals surface area contributed by atoms with E-state index >= 15 is 0 Å². The van der Waals surface area contributed by atoms with Gasteiger partial charge in [-0.1, -0.05) is 41.9 Å². The van der Waals surface area contributed by atoms with E-state index in [-0.39, 0.29) is 11.8 Å². The number of thiazole rings is 1. The number of anilines is 1. The molecule has 2 aromatic heterocycles. The Morgan fingerprint density at radius 1 is 1.31 bits per heavy atom. The molecule has 0 bridgehead atoms. The van der Waals surface area contributed by atoms with Gasteiger partial charge in [0.25, 0.3) is 5.91 Å². The summed E-state index contributed by atoms with van der Waals surface area (Å²) < 4.78 is 1.63. The zero-order valence-corrected chi connectivity index (χ0v) is 17.4. The summed E-state index contributed by atoms with van der Waals surface area (Å²) in [6, 6.07) is 9.25. The normalized spacial score (nSPS) is 16.2. The number of likely N-dealkylation sites (tertiary alicyclic amines) is 1. The molecule has 1 fully saturated rings. The molecule has 1 N–H and O–H groups in total. The largest absolute Gasteiger partial charge is 0.326 e. The lowest BCUT2D eigenvalue weighted by atomic mass is 10.1. The maximum atomic E-state index is 13.3. The smallest absolute Gasteiger partial charge is 0.259 e. The Morgan fingerprint density at radius 3 is 2.83 bits per heavy atom. The number of hydrogen-bond acceptors (Lipinski definition) is 5. The van der Waals surface area contributed by atoms with E-state index in [2.05, 4.69) is 15.4 Å². The zero-order valence-electron chi connectivity index (χ0n) is 15.8. The van der Waals surface area contributed by atoms with Crippen LogP contribution in [0.4, 0.5) is 5.13 Å². The summed E-state index contributed by atoms with van der Waals surface area (Å²) in [7, 11) is 0. The molecule has 1 unspecified atom stereocenters. The van der Waals surface area contributed by atoms with E-state index in [1.165, 1.54) is 11.3 Å². The number of aromatic nitrogens is 3. The Hall–Kier alpha value is -2.71. The van der Waals surface area contributed by atoms with E-state index in [9.17, 15) is 9.59 Å². The molecule has 1 aliphatic rings. The molecule has 150 valence electrons. The van der Waals surface area contributed by atoms with Gasteiger partial charge in [-0.2, -0.15) is 5.10 Å².